The summed E-state index contributed by atoms with van der Waals surface area (Å²) in [6.07, 6.45) is -1.01. The molecule has 7 heteroatoms. The van der Waals surface area contributed by atoms with E-state index in [1.807, 2.05) is 55.5 Å². The van der Waals surface area contributed by atoms with E-state index >= 15 is 0 Å². The molecule has 0 aromatic heterocycles. The van der Waals surface area contributed by atoms with E-state index in [0.717, 1.165) is 16.0 Å². The van der Waals surface area contributed by atoms with Crippen molar-refractivity contribution in [3.05, 3.63) is 78.4 Å². The molecule has 0 saturated heterocycles. The molecule has 4 rings (SSSR count). The number of fused-ring (bicyclic) bond motifs is 1. The number of nitrogens with one attached hydrogen (secondary N) is 2. The van der Waals surface area contributed by atoms with Crippen molar-refractivity contribution in [3.8, 4) is 11.1 Å². The number of carbonyl (C=O) groups is 3. The summed E-state index contributed by atoms with van der Waals surface area (Å²) in [7, 11) is 0. The molecule has 6 nitrogen and oxygen atoms in total. The van der Waals surface area contributed by atoms with Gasteiger partial charge in [0.15, 0.2) is 6.10 Å². The SMILES string of the molecule is C[C@H](OC(=O)c1ccc2c(c1)NC(=O)[C@@H](C)S2)C(=O)Nc1ccccc1-c1ccccc1. The average molecular weight is 447 g/mol. The third-order valence-electron chi connectivity index (χ3n) is 5.07. The van der Waals surface area contributed by atoms with Crippen molar-refractivity contribution in [1.82, 2.24) is 0 Å². The van der Waals surface area contributed by atoms with Crippen molar-refractivity contribution in [2.75, 3.05) is 10.6 Å². The molecule has 32 heavy (non-hydrogen) atoms. The number of anilines is 2. The topological polar surface area (TPSA) is 84.5 Å². The van der Waals surface area contributed by atoms with Crippen molar-refractivity contribution in [1.29, 1.82) is 0 Å². The first-order valence-corrected chi connectivity index (χ1v) is 11.1. The maximum absolute atomic E-state index is 12.7. The number of ether oxygens (including phenoxy) is 1. The first-order valence-electron chi connectivity index (χ1n) is 10.2. The van der Waals surface area contributed by atoms with Gasteiger partial charge in [-0.25, -0.2) is 4.79 Å². The van der Waals surface area contributed by atoms with Gasteiger partial charge in [0.2, 0.25) is 5.91 Å². The van der Waals surface area contributed by atoms with Crippen molar-refractivity contribution >= 4 is 40.9 Å². The summed E-state index contributed by atoms with van der Waals surface area (Å²) in [6.45, 7) is 3.34. The lowest BCUT2D eigenvalue weighted by molar-refractivity contribution is -0.123. The minimum absolute atomic E-state index is 0.113. The van der Waals surface area contributed by atoms with Crippen LogP contribution >= 0.6 is 11.8 Å². The first kappa shape index (κ1) is 21.6. The second-order valence-electron chi connectivity index (χ2n) is 7.41. The average Bonchev–Trinajstić information content (AvgIpc) is 2.80. The van der Waals surface area contributed by atoms with Crippen LogP contribution in [0.5, 0.6) is 0 Å². The highest BCUT2D eigenvalue weighted by Crippen LogP contribution is 2.36. The Morgan fingerprint density at radius 3 is 2.53 bits per heavy atom. The van der Waals surface area contributed by atoms with Gasteiger partial charge < -0.3 is 15.4 Å². The summed E-state index contributed by atoms with van der Waals surface area (Å²) >= 11 is 1.43. The molecular weight excluding hydrogens is 424 g/mol. The van der Waals surface area contributed by atoms with E-state index in [9.17, 15) is 14.4 Å². The molecule has 2 N–H and O–H groups in total. The molecule has 1 aliphatic heterocycles. The third-order valence-corrected chi connectivity index (χ3v) is 6.25. The number of para-hydroxylation sites is 1. The molecule has 0 fully saturated rings. The quantitative estimate of drug-likeness (QED) is 0.541. The largest absolute Gasteiger partial charge is 0.449 e. The van der Waals surface area contributed by atoms with Crippen LogP contribution in [0.25, 0.3) is 11.1 Å². The predicted molar refractivity (Wildman–Crippen MR) is 126 cm³/mol. The molecule has 1 aliphatic rings. The Bertz CT molecular complexity index is 1180. The van der Waals surface area contributed by atoms with Crippen molar-refractivity contribution in [2.24, 2.45) is 0 Å². The van der Waals surface area contributed by atoms with Crippen LogP contribution in [-0.2, 0) is 14.3 Å². The molecule has 0 radical (unpaired) electrons. The van der Waals surface area contributed by atoms with E-state index in [0.29, 0.717) is 11.4 Å². The van der Waals surface area contributed by atoms with Gasteiger partial charge in [0, 0.05) is 16.1 Å². The number of carbonyl (C=O) groups excluding carboxylic acids is 3. The highest BCUT2D eigenvalue weighted by Gasteiger charge is 2.25. The highest BCUT2D eigenvalue weighted by atomic mass is 32.2. The summed E-state index contributed by atoms with van der Waals surface area (Å²) < 4.78 is 5.38. The van der Waals surface area contributed by atoms with E-state index in [1.165, 1.54) is 18.7 Å². The fraction of sp³-hybridized carbons (Fsp3) is 0.160. The minimum Gasteiger partial charge on any atom is -0.449 e. The summed E-state index contributed by atoms with van der Waals surface area (Å²) in [6, 6.07) is 22.1. The van der Waals surface area contributed by atoms with E-state index in [2.05, 4.69) is 10.6 Å². The zero-order chi connectivity index (χ0) is 22.7. The molecule has 1 heterocycles. The van der Waals surface area contributed by atoms with Gasteiger partial charge >= 0.3 is 5.97 Å². The number of thioether (sulfide) groups is 1. The standard InChI is InChI=1S/C25H22N2O4S/c1-15(23(28)26-20-11-7-6-10-19(20)17-8-4-3-5-9-17)31-25(30)18-12-13-22-21(14-18)27-24(29)16(2)32-22/h3-16H,1-2H3,(H,26,28)(H,27,29)/t15-,16+/m0/s1. The summed E-state index contributed by atoms with van der Waals surface area (Å²) in [5.41, 5.74) is 3.31. The van der Waals surface area contributed by atoms with E-state index < -0.39 is 18.0 Å². The van der Waals surface area contributed by atoms with Gasteiger partial charge in [0.1, 0.15) is 0 Å². The molecule has 3 aromatic carbocycles. The van der Waals surface area contributed by atoms with Gasteiger partial charge in [-0.15, -0.1) is 11.8 Å². The Hall–Kier alpha value is -3.58. The van der Waals surface area contributed by atoms with Crippen molar-refractivity contribution < 1.29 is 19.1 Å². The lowest BCUT2D eigenvalue weighted by Gasteiger charge is -2.22. The number of hydrogen-bond acceptors (Lipinski definition) is 5. The lowest BCUT2D eigenvalue weighted by atomic mass is 10.0. The fourth-order valence-corrected chi connectivity index (χ4v) is 4.24. The van der Waals surface area contributed by atoms with E-state index in [4.69, 9.17) is 4.74 Å². The molecule has 2 amide bonds. The van der Waals surface area contributed by atoms with Crippen LogP contribution in [0, 0.1) is 0 Å². The van der Waals surface area contributed by atoms with Crippen molar-refractivity contribution in [3.63, 3.8) is 0 Å². The summed E-state index contributed by atoms with van der Waals surface area (Å²) in [5.74, 6) is -1.18. The number of esters is 1. The Morgan fingerprint density at radius 2 is 1.75 bits per heavy atom. The van der Waals surface area contributed by atoms with Crippen molar-refractivity contribution in [2.45, 2.75) is 30.1 Å². The van der Waals surface area contributed by atoms with Crippen LogP contribution in [0.3, 0.4) is 0 Å². The monoisotopic (exact) mass is 446 g/mol. The van der Waals surface area contributed by atoms with Crippen LogP contribution in [0.1, 0.15) is 24.2 Å². The highest BCUT2D eigenvalue weighted by molar-refractivity contribution is 8.00. The van der Waals surface area contributed by atoms with Gasteiger partial charge in [-0.2, -0.15) is 0 Å². The van der Waals surface area contributed by atoms with Gasteiger partial charge in [0.05, 0.1) is 16.5 Å². The van der Waals surface area contributed by atoms with E-state index in [1.54, 1.807) is 24.3 Å². The molecule has 162 valence electrons. The van der Waals surface area contributed by atoms with Gasteiger partial charge in [-0.05, 0) is 43.7 Å². The molecule has 0 bridgehead atoms. The third kappa shape index (κ3) is 4.68. The van der Waals surface area contributed by atoms with Crippen LogP contribution < -0.4 is 10.6 Å². The molecule has 0 spiro atoms. The minimum atomic E-state index is -1.01. The van der Waals surface area contributed by atoms with E-state index in [-0.39, 0.29) is 16.7 Å². The maximum Gasteiger partial charge on any atom is 0.338 e. The molecule has 3 aromatic rings. The number of benzene rings is 3. The van der Waals surface area contributed by atoms with Gasteiger partial charge in [-0.1, -0.05) is 48.5 Å². The lowest BCUT2D eigenvalue weighted by Crippen LogP contribution is -2.30. The number of rotatable bonds is 5. The summed E-state index contributed by atoms with van der Waals surface area (Å²) in [4.78, 5) is 38.1. The van der Waals surface area contributed by atoms with Crippen LogP contribution in [0.4, 0.5) is 11.4 Å². The summed E-state index contributed by atoms with van der Waals surface area (Å²) in [5, 5.41) is 5.45. The Balaban J connectivity index is 1.44. The van der Waals surface area contributed by atoms with Gasteiger partial charge in [0.25, 0.3) is 5.91 Å². The normalized spacial score (nSPS) is 15.8. The smallest absolute Gasteiger partial charge is 0.338 e. The van der Waals surface area contributed by atoms with Crippen LogP contribution in [0.15, 0.2) is 77.7 Å². The first-order chi connectivity index (χ1) is 15.4. The molecule has 0 aliphatic carbocycles. The Kier molecular flexibility index (Phi) is 6.28. The molecular formula is C25H22N2O4S. The maximum atomic E-state index is 12.7. The molecule has 0 unspecified atom stereocenters. The second kappa shape index (κ2) is 9.28. The number of hydrogen-bond donors (Lipinski definition) is 2. The molecule has 0 saturated carbocycles. The Labute approximate surface area is 190 Å². The molecule has 2 atom stereocenters. The zero-order valence-corrected chi connectivity index (χ0v) is 18.4. The zero-order valence-electron chi connectivity index (χ0n) is 17.6. The van der Waals surface area contributed by atoms with Crippen LogP contribution in [0.2, 0.25) is 0 Å². The fourth-order valence-electron chi connectivity index (χ4n) is 3.31. The number of amides is 2. The second-order valence-corrected chi connectivity index (χ2v) is 8.79. The predicted octanol–water partition coefficient (Wildman–Crippen LogP) is 4.97. The Morgan fingerprint density at radius 1 is 1.03 bits per heavy atom. The van der Waals surface area contributed by atoms with Crippen LogP contribution in [-0.4, -0.2) is 29.1 Å². The van der Waals surface area contributed by atoms with Gasteiger partial charge in [-0.3, -0.25) is 9.59 Å².